The maximum Gasteiger partial charge on any atom is 0.231 e. The summed E-state index contributed by atoms with van der Waals surface area (Å²) in [4.78, 5) is 38.1. The van der Waals surface area contributed by atoms with Crippen molar-refractivity contribution in [2.45, 2.75) is 26.3 Å². The molecule has 0 spiro atoms. The van der Waals surface area contributed by atoms with Crippen molar-refractivity contribution in [2.24, 2.45) is 0 Å². The van der Waals surface area contributed by atoms with Gasteiger partial charge in [-0.1, -0.05) is 11.6 Å². The molecule has 0 saturated carbocycles. The number of hydrogen-bond acceptors (Lipinski definition) is 5. The molecule has 4 aromatic heterocycles. The highest BCUT2D eigenvalue weighted by molar-refractivity contribution is 6.30. The number of nitrogens with zero attached hydrogens (tertiary/aromatic N) is 4. The molecule has 0 unspecified atom stereocenters. The van der Waals surface area contributed by atoms with Crippen LogP contribution in [0.5, 0.6) is 0 Å². The van der Waals surface area contributed by atoms with E-state index in [1.165, 1.54) is 12.4 Å². The molecule has 0 aromatic carbocycles. The molecule has 156 valence electrons. The number of halogens is 1. The number of carbonyl (C=O) groups excluding carboxylic acids is 2. The lowest BCUT2D eigenvalue weighted by Crippen LogP contribution is -2.16. The van der Waals surface area contributed by atoms with E-state index in [2.05, 4.69) is 34.1 Å². The summed E-state index contributed by atoms with van der Waals surface area (Å²) in [6, 6.07) is 8.67. The van der Waals surface area contributed by atoms with E-state index in [9.17, 15) is 9.59 Å². The van der Waals surface area contributed by atoms with E-state index in [0.29, 0.717) is 27.7 Å². The molecule has 8 heteroatoms. The van der Waals surface area contributed by atoms with Gasteiger partial charge in [-0.3, -0.25) is 19.6 Å². The lowest BCUT2D eigenvalue weighted by molar-refractivity contribution is -0.115. The Kier molecular flexibility index (Phi) is 5.77. The normalized spacial score (nSPS) is 11.1. The van der Waals surface area contributed by atoms with Gasteiger partial charge in [0.2, 0.25) is 5.91 Å². The molecule has 1 amide bonds. The van der Waals surface area contributed by atoms with Crippen LogP contribution in [0.2, 0.25) is 5.02 Å². The molecule has 0 radical (unpaired) electrons. The summed E-state index contributed by atoms with van der Waals surface area (Å²) in [7, 11) is 0. The van der Waals surface area contributed by atoms with Crippen LogP contribution in [0.25, 0.3) is 10.9 Å². The van der Waals surface area contributed by atoms with Crippen molar-refractivity contribution in [3.8, 4) is 0 Å². The topological polar surface area (TPSA) is 89.8 Å². The number of nitrogens with one attached hydrogen (secondary N) is 1. The summed E-state index contributed by atoms with van der Waals surface area (Å²) in [5.74, 6) is -0.141. The van der Waals surface area contributed by atoms with Crippen molar-refractivity contribution >= 4 is 40.0 Å². The smallest absolute Gasteiger partial charge is 0.231 e. The maximum atomic E-state index is 13.3. The van der Waals surface area contributed by atoms with Gasteiger partial charge in [-0.05, 0) is 44.2 Å². The Hall–Kier alpha value is -3.58. The van der Waals surface area contributed by atoms with Crippen LogP contribution in [0, 0.1) is 0 Å². The van der Waals surface area contributed by atoms with E-state index >= 15 is 0 Å². The second kappa shape index (κ2) is 8.65. The Morgan fingerprint density at radius 1 is 1.10 bits per heavy atom. The zero-order valence-corrected chi connectivity index (χ0v) is 17.8. The molecule has 4 rings (SSSR count). The van der Waals surface area contributed by atoms with Gasteiger partial charge < -0.3 is 9.88 Å². The third kappa shape index (κ3) is 4.46. The second-order valence-corrected chi connectivity index (χ2v) is 7.82. The Balaban J connectivity index is 1.57. The number of ketones is 1. The van der Waals surface area contributed by atoms with Gasteiger partial charge in [0.25, 0.3) is 0 Å². The number of aromatic nitrogens is 4. The first-order valence-corrected chi connectivity index (χ1v) is 10.2. The molecule has 0 aliphatic carbocycles. The van der Waals surface area contributed by atoms with E-state index in [1.807, 2.05) is 16.8 Å². The summed E-state index contributed by atoms with van der Waals surface area (Å²) < 4.78 is 2.05. The summed E-state index contributed by atoms with van der Waals surface area (Å²) >= 11 is 5.82. The zero-order valence-electron chi connectivity index (χ0n) is 17.0. The quantitative estimate of drug-likeness (QED) is 0.453. The number of hydrogen-bond donors (Lipinski definition) is 1. The third-order valence-corrected chi connectivity index (χ3v) is 5.08. The SMILES string of the molecule is CC(C)n1cc(C(=O)c2ccnc(NC(=O)Cc3ccc(Cl)cn3)c2)c2cnccc21. The van der Waals surface area contributed by atoms with Gasteiger partial charge in [0.05, 0.1) is 17.0 Å². The van der Waals surface area contributed by atoms with Crippen LogP contribution < -0.4 is 5.32 Å². The van der Waals surface area contributed by atoms with E-state index in [1.54, 1.807) is 36.7 Å². The van der Waals surface area contributed by atoms with Crippen LogP contribution in [0.4, 0.5) is 5.82 Å². The molecule has 0 aliphatic rings. The van der Waals surface area contributed by atoms with Gasteiger partial charge in [0.15, 0.2) is 5.78 Å². The Bertz CT molecular complexity index is 1260. The second-order valence-electron chi connectivity index (χ2n) is 7.39. The van der Waals surface area contributed by atoms with Crippen molar-refractivity contribution in [3.05, 3.63) is 83.2 Å². The minimum atomic E-state index is -0.285. The molecule has 0 fully saturated rings. The standard InChI is InChI=1S/C23H20ClN5O2/c1-14(2)29-13-19(18-12-25-7-6-20(18)29)23(31)15-5-8-26-21(9-15)28-22(30)10-17-4-3-16(24)11-27-17/h3-9,11-14H,10H2,1-2H3,(H,26,28,30). The number of carbonyl (C=O) groups is 2. The van der Waals surface area contributed by atoms with E-state index < -0.39 is 0 Å². The first-order valence-electron chi connectivity index (χ1n) is 9.78. The van der Waals surface area contributed by atoms with Crippen LogP contribution in [0.15, 0.2) is 61.3 Å². The molecule has 1 N–H and O–H groups in total. The van der Waals surface area contributed by atoms with Crippen molar-refractivity contribution in [3.63, 3.8) is 0 Å². The van der Waals surface area contributed by atoms with E-state index in [0.717, 1.165) is 10.9 Å². The highest BCUT2D eigenvalue weighted by Gasteiger charge is 2.19. The number of pyridine rings is 3. The third-order valence-electron chi connectivity index (χ3n) is 4.86. The molecule has 4 heterocycles. The van der Waals surface area contributed by atoms with Crippen molar-refractivity contribution in [1.29, 1.82) is 0 Å². The average Bonchev–Trinajstić information content (AvgIpc) is 3.15. The Morgan fingerprint density at radius 2 is 1.94 bits per heavy atom. The van der Waals surface area contributed by atoms with Gasteiger partial charge in [0, 0.05) is 59.2 Å². The van der Waals surface area contributed by atoms with Gasteiger partial charge >= 0.3 is 0 Å². The summed E-state index contributed by atoms with van der Waals surface area (Å²) in [6.07, 6.45) is 8.33. The average molecular weight is 434 g/mol. The first-order chi connectivity index (χ1) is 14.9. The number of amides is 1. The summed E-state index contributed by atoms with van der Waals surface area (Å²) in [5, 5.41) is 4.01. The monoisotopic (exact) mass is 433 g/mol. The van der Waals surface area contributed by atoms with Crippen LogP contribution in [-0.2, 0) is 11.2 Å². The van der Waals surface area contributed by atoms with Crippen LogP contribution in [0.1, 0.15) is 41.5 Å². The van der Waals surface area contributed by atoms with Gasteiger partial charge in [-0.15, -0.1) is 0 Å². The van der Waals surface area contributed by atoms with Crippen molar-refractivity contribution in [2.75, 3.05) is 5.32 Å². The molecular weight excluding hydrogens is 414 g/mol. The molecule has 0 aliphatic heterocycles. The fourth-order valence-corrected chi connectivity index (χ4v) is 3.48. The highest BCUT2D eigenvalue weighted by atomic mass is 35.5. The predicted octanol–water partition coefficient (Wildman–Crippen LogP) is 4.47. The predicted molar refractivity (Wildman–Crippen MR) is 119 cm³/mol. The van der Waals surface area contributed by atoms with Crippen molar-refractivity contribution < 1.29 is 9.59 Å². The molecule has 7 nitrogen and oxygen atoms in total. The van der Waals surface area contributed by atoms with Crippen LogP contribution in [-0.4, -0.2) is 31.2 Å². The fourth-order valence-electron chi connectivity index (χ4n) is 3.36. The number of rotatable bonds is 6. The molecule has 0 bridgehead atoms. The van der Waals surface area contributed by atoms with Crippen LogP contribution in [0.3, 0.4) is 0 Å². The van der Waals surface area contributed by atoms with Gasteiger partial charge in [0.1, 0.15) is 5.82 Å². The van der Waals surface area contributed by atoms with Crippen LogP contribution >= 0.6 is 11.6 Å². The van der Waals surface area contributed by atoms with Crippen molar-refractivity contribution in [1.82, 2.24) is 19.5 Å². The summed E-state index contributed by atoms with van der Waals surface area (Å²) in [5.41, 5.74) is 2.53. The summed E-state index contributed by atoms with van der Waals surface area (Å²) in [6.45, 7) is 4.12. The molecule has 4 aromatic rings. The molecule has 0 saturated heterocycles. The maximum absolute atomic E-state index is 13.3. The number of anilines is 1. The molecule has 0 atom stereocenters. The Morgan fingerprint density at radius 3 is 2.68 bits per heavy atom. The lowest BCUT2D eigenvalue weighted by atomic mass is 10.0. The minimum absolute atomic E-state index is 0.0740. The lowest BCUT2D eigenvalue weighted by Gasteiger charge is -2.08. The highest BCUT2D eigenvalue weighted by Crippen LogP contribution is 2.26. The molecule has 31 heavy (non-hydrogen) atoms. The van der Waals surface area contributed by atoms with Gasteiger partial charge in [-0.25, -0.2) is 4.98 Å². The first kappa shape index (κ1) is 20.7. The molecular formula is C23H20ClN5O2. The van der Waals surface area contributed by atoms with Gasteiger partial charge in [-0.2, -0.15) is 0 Å². The van der Waals surface area contributed by atoms with E-state index in [4.69, 9.17) is 11.6 Å². The number of fused-ring (bicyclic) bond motifs is 1. The fraction of sp³-hybridized carbons (Fsp3) is 0.174. The largest absolute Gasteiger partial charge is 0.344 e. The minimum Gasteiger partial charge on any atom is -0.344 e. The van der Waals surface area contributed by atoms with E-state index in [-0.39, 0.29) is 24.2 Å². The Labute approximate surface area is 184 Å². The zero-order chi connectivity index (χ0) is 22.0.